The summed E-state index contributed by atoms with van der Waals surface area (Å²) in [5, 5.41) is 72.3. The Balaban J connectivity index is 1.74. The highest BCUT2D eigenvalue weighted by atomic mass is 16.7. The van der Waals surface area contributed by atoms with Gasteiger partial charge in [0, 0.05) is 12.8 Å². The van der Waals surface area contributed by atoms with Gasteiger partial charge in [0.25, 0.3) is 0 Å². The summed E-state index contributed by atoms with van der Waals surface area (Å²) < 4.78 is 33.7. The van der Waals surface area contributed by atoms with Crippen molar-refractivity contribution in [3.8, 4) is 0 Å². The second kappa shape index (κ2) is 47.5. The van der Waals surface area contributed by atoms with Crippen molar-refractivity contribution in [1.29, 1.82) is 0 Å². The molecule has 2 aliphatic heterocycles. The number of allylic oxidation sites excluding steroid dienone is 6. The van der Waals surface area contributed by atoms with Gasteiger partial charge in [-0.05, 0) is 70.6 Å². The van der Waals surface area contributed by atoms with Gasteiger partial charge in [-0.25, -0.2) is 0 Å². The van der Waals surface area contributed by atoms with Gasteiger partial charge in [0.15, 0.2) is 18.7 Å². The van der Waals surface area contributed by atoms with E-state index in [1.54, 1.807) is 0 Å². The highest BCUT2D eigenvalue weighted by Crippen LogP contribution is 2.27. The molecule has 0 spiro atoms. The van der Waals surface area contributed by atoms with E-state index in [-0.39, 0.29) is 19.4 Å². The maximum absolute atomic E-state index is 13.1. The lowest BCUT2D eigenvalue weighted by atomic mass is 9.98. The molecular formula is C61H110O15. The second-order valence-electron chi connectivity index (χ2n) is 21.5. The zero-order valence-electron chi connectivity index (χ0n) is 47.5. The first-order valence-electron chi connectivity index (χ1n) is 30.6. The first-order valence-corrected chi connectivity index (χ1v) is 30.6. The van der Waals surface area contributed by atoms with Crippen LogP contribution in [0.1, 0.15) is 245 Å². The molecule has 444 valence electrons. The minimum Gasteiger partial charge on any atom is -0.462 e. The van der Waals surface area contributed by atoms with E-state index >= 15 is 0 Å². The number of aliphatic hydroxyl groups is 7. The highest BCUT2D eigenvalue weighted by Gasteiger charge is 2.47. The first kappa shape index (κ1) is 69.8. The van der Waals surface area contributed by atoms with Crippen LogP contribution in [-0.2, 0) is 38.0 Å². The number of esters is 2. The van der Waals surface area contributed by atoms with E-state index in [0.717, 1.165) is 51.4 Å². The molecule has 2 rings (SSSR count). The molecule has 2 aliphatic rings. The molecule has 15 heteroatoms. The number of carbonyl (C=O) groups excluding carboxylic acids is 2. The topological polar surface area (TPSA) is 231 Å². The van der Waals surface area contributed by atoms with Crippen LogP contribution in [-0.4, -0.2) is 142 Å². The fourth-order valence-electron chi connectivity index (χ4n) is 9.59. The largest absolute Gasteiger partial charge is 0.462 e. The molecule has 76 heavy (non-hydrogen) atoms. The van der Waals surface area contributed by atoms with Crippen molar-refractivity contribution in [3.05, 3.63) is 36.5 Å². The number of hydrogen-bond acceptors (Lipinski definition) is 15. The molecule has 4 unspecified atom stereocenters. The van der Waals surface area contributed by atoms with E-state index in [4.69, 9.17) is 28.4 Å². The molecule has 0 radical (unpaired) electrons. The van der Waals surface area contributed by atoms with Crippen molar-refractivity contribution in [2.75, 3.05) is 26.4 Å². The van der Waals surface area contributed by atoms with Crippen LogP contribution in [0.4, 0.5) is 0 Å². The minimum absolute atomic E-state index is 0.156. The van der Waals surface area contributed by atoms with Crippen LogP contribution < -0.4 is 0 Å². The maximum atomic E-state index is 13.1. The highest BCUT2D eigenvalue weighted by molar-refractivity contribution is 5.70. The summed E-state index contributed by atoms with van der Waals surface area (Å²) in [6.07, 6.45) is 37.5. The molecule has 2 heterocycles. The van der Waals surface area contributed by atoms with Gasteiger partial charge in [-0.15, -0.1) is 0 Å². The standard InChI is InChI=1S/C61H110O15/c1-3-5-7-9-11-13-15-17-19-21-22-23-24-25-26-28-29-31-33-35-37-39-41-43-52(63)71-46-49(74-53(64)44-42-40-38-36-34-32-30-27-20-18-16-14-12-10-8-6-4-2)47-72-60-59(70)57(68)55(66)51(76-60)48-73-61-58(69)56(67)54(65)50(45-62)75-61/h14,16,28-29,35,37,49-51,54-62,65-70H,3-13,15,17-27,30-34,36,38-48H2,1-2H3/b16-14+,29-28+,37-35+/t49-,50+,51+,54-,55-,56?,57?,58?,59?,60+,61+/m0/s1. The lowest BCUT2D eigenvalue weighted by molar-refractivity contribution is -0.332. The van der Waals surface area contributed by atoms with Crippen LogP contribution in [0.15, 0.2) is 36.5 Å². The third kappa shape index (κ3) is 34.0. The van der Waals surface area contributed by atoms with Crippen molar-refractivity contribution in [1.82, 2.24) is 0 Å². The summed E-state index contributed by atoms with van der Waals surface area (Å²) in [4.78, 5) is 25.9. The number of hydrogen-bond donors (Lipinski definition) is 7. The molecule has 0 amide bonds. The average molecular weight is 1080 g/mol. The van der Waals surface area contributed by atoms with E-state index in [2.05, 4.69) is 50.3 Å². The van der Waals surface area contributed by atoms with Crippen LogP contribution in [0.5, 0.6) is 0 Å². The van der Waals surface area contributed by atoms with Crippen LogP contribution in [0, 0.1) is 0 Å². The predicted molar refractivity (Wildman–Crippen MR) is 298 cm³/mol. The third-order valence-electron chi connectivity index (χ3n) is 14.6. The first-order chi connectivity index (χ1) is 37.0. The monoisotopic (exact) mass is 1080 g/mol. The van der Waals surface area contributed by atoms with Crippen LogP contribution in [0.25, 0.3) is 0 Å². The Bertz CT molecular complexity index is 1460. The molecule has 0 aromatic heterocycles. The minimum atomic E-state index is -1.77. The molecule has 0 saturated carbocycles. The molecule has 0 bridgehead atoms. The van der Waals surface area contributed by atoms with Gasteiger partial charge >= 0.3 is 11.9 Å². The van der Waals surface area contributed by atoms with E-state index in [1.165, 1.54) is 148 Å². The number of carbonyl (C=O) groups is 2. The number of ether oxygens (including phenoxy) is 6. The molecule has 15 nitrogen and oxygen atoms in total. The van der Waals surface area contributed by atoms with Crippen molar-refractivity contribution in [2.24, 2.45) is 0 Å². The summed E-state index contributed by atoms with van der Waals surface area (Å²) in [5.74, 6) is -0.968. The second-order valence-corrected chi connectivity index (χ2v) is 21.5. The molecule has 2 fully saturated rings. The fourth-order valence-corrected chi connectivity index (χ4v) is 9.59. The van der Waals surface area contributed by atoms with Crippen molar-refractivity contribution < 1.29 is 73.8 Å². The van der Waals surface area contributed by atoms with E-state index in [1.807, 2.05) is 0 Å². The van der Waals surface area contributed by atoms with Gasteiger partial charge < -0.3 is 64.2 Å². The van der Waals surface area contributed by atoms with Gasteiger partial charge in [-0.2, -0.15) is 0 Å². The number of aliphatic hydroxyl groups excluding tert-OH is 7. The van der Waals surface area contributed by atoms with Crippen LogP contribution in [0.2, 0.25) is 0 Å². The van der Waals surface area contributed by atoms with Crippen molar-refractivity contribution >= 4 is 11.9 Å². The Labute approximate surface area is 459 Å². The smallest absolute Gasteiger partial charge is 0.306 e. The van der Waals surface area contributed by atoms with E-state index in [9.17, 15) is 45.3 Å². The van der Waals surface area contributed by atoms with Gasteiger partial charge in [0.1, 0.15) is 55.4 Å². The Morgan fingerprint density at radius 3 is 1.25 bits per heavy atom. The molecule has 0 aromatic carbocycles. The molecule has 0 aliphatic carbocycles. The molecular weight excluding hydrogens is 973 g/mol. The van der Waals surface area contributed by atoms with Crippen molar-refractivity contribution in [2.45, 2.75) is 313 Å². The summed E-state index contributed by atoms with van der Waals surface area (Å²) in [7, 11) is 0. The summed E-state index contributed by atoms with van der Waals surface area (Å²) in [5.41, 5.74) is 0. The zero-order chi connectivity index (χ0) is 55.3. The summed E-state index contributed by atoms with van der Waals surface area (Å²) in [6, 6.07) is 0. The zero-order valence-corrected chi connectivity index (χ0v) is 47.5. The quantitative estimate of drug-likeness (QED) is 0.0171. The summed E-state index contributed by atoms with van der Waals surface area (Å²) in [6.45, 7) is 2.58. The number of rotatable bonds is 49. The SMILES string of the molecule is CCCCCC/C=C/CCCCCCCCCCCC(=O)O[C@@H](COC(=O)CCC/C=C/CC/C=C/CCCCCCCCCCCCCCCC)CO[C@@H]1O[C@H](CO[C@@H]2O[C@H](CO)[C@H](O)C(O)C2O)[C@H](O)C(O)C1O. The number of unbranched alkanes of at least 4 members (excludes halogenated alkanes) is 29. The maximum Gasteiger partial charge on any atom is 0.306 e. The Kier molecular flexibility index (Phi) is 43.7. The average Bonchev–Trinajstić information content (AvgIpc) is 3.41. The molecule has 11 atom stereocenters. The normalized spacial score (nSPS) is 24.5. The van der Waals surface area contributed by atoms with Gasteiger partial charge in [0.2, 0.25) is 0 Å². The molecule has 0 aromatic rings. The van der Waals surface area contributed by atoms with Gasteiger partial charge in [-0.1, -0.05) is 198 Å². The Hall–Kier alpha value is -2.28. The van der Waals surface area contributed by atoms with E-state index < -0.39 is 99.3 Å². The fraction of sp³-hybridized carbons (Fsp3) is 0.869. The Morgan fingerprint density at radius 1 is 0.408 bits per heavy atom. The lowest BCUT2D eigenvalue weighted by Gasteiger charge is -2.42. The molecule has 7 N–H and O–H groups in total. The van der Waals surface area contributed by atoms with E-state index in [0.29, 0.717) is 19.3 Å². The van der Waals surface area contributed by atoms with Crippen LogP contribution in [0.3, 0.4) is 0 Å². The Morgan fingerprint density at radius 2 is 0.776 bits per heavy atom. The van der Waals surface area contributed by atoms with Crippen molar-refractivity contribution in [3.63, 3.8) is 0 Å². The summed E-state index contributed by atoms with van der Waals surface area (Å²) >= 11 is 0. The third-order valence-corrected chi connectivity index (χ3v) is 14.6. The molecule has 2 saturated heterocycles. The van der Waals surface area contributed by atoms with Gasteiger partial charge in [-0.3, -0.25) is 9.59 Å². The lowest BCUT2D eigenvalue weighted by Crippen LogP contribution is -2.61. The van der Waals surface area contributed by atoms with Crippen LogP contribution >= 0.6 is 0 Å². The van der Waals surface area contributed by atoms with Gasteiger partial charge in [0.05, 0.1) is 19.8 Å². The predicted octanol–water partition coefficient (Wildman–Crippen LogP) is 10.8.